The molecule has 0 amide bonds. The van der Waals surface area contributed by atoms with Gasteiger partial charge in [-0.25, -0.2) is 0 Å². The van der Waals surface area contributed by atoms with Gasteiger partial charge >= 0.3 is 0 Å². The van der Waals surface area contributed by atoms with Crippen molar-refractivity contribution in [3.05, 3.63) is 34.6 Å². The maximum Gasteiger partial charge on any atom is 0.176 e. The number of hydrogen-bond acceptors (Lipinski definition) is 4. The van der Waals surface area contributed by atoms with Crippen LogP contribution in [0.3, 0.4) is 0 Å². The maximum atomic E-state index is 12.8. The lowest BCUT2D eigenvalue weighted by atomic mass is 9.82. The molecule has 4 heteroatoms. The maximum absolute atomic E-state index is 12.8. The molecular weight excluding hydrogens is 304 g/mol. The summed E-state index contributed by atoms with van der Waals surface area (Å²) in [5, 5.41) is 21.7. The van der Waals surface area contributed by atoms with Crippen LogP contribution in [0, 0.1) is 11.8 Å². The van der Waals surface area contributed by atoms with Crippen LogP contribution in [0.15, 0.2) is 34.6 Å². The molecule has 0 saturated carbocycles. The second-order valence-electron chi connectivity index (χ2n) is 7.24. The van der Waals surface area contributed by atoms with Gasteiger partial charge in [0.25, 0.3) is 0 Å². The Balaban J connectivity index is 3.37. The highest BCUT2D eigenvalue weighted by atomic mass is 16.3. The first-order valence-corrected chi connectivity index (χ1v) is 8.57. The van der Waals surface area contributed by atoms with Crippen LogP contribution >= 0.6 is 0 Å². The summed E-state index contributed by atoms with van der Waals surface area (Å²) in [5.74, 6) is -2.47. The van der Waals surface area contributed by atoms with Crippen molar-refractivity contribution in [2.24, 2.45) is 11.8 Å². The van der Waals surface area contributed by atoms with E-state index in [1.807, 2.05) is 40.7 Å². The van der Waals surface area contributed by atoms with Crippen LogP contribution in [0.25, 0.3) is 0 Å². The second-order valence-corrected chi connectivity index (χ2v) is 7.24. The fourth-order valence-electron chi connectivity index (χ4n) is 2.81. The molecule has 0 saturated heterocycles. The summed E-state index contributed by atoms with van der Waals surface area (Å²) < 4.78 is 0. The van der Waals surface area contributed by atoms with Crippen molar-refractivity contribution in [2.45, 2.75) is 66.4 Å². The zero-order chi connectivity index (χ0) is 18.7. The van der Waals surface area contributed by atoms with Gasteiger partial charge < -0.3 is 10.2 Å². The number of aliphatic hydroxyl groups is 2. The zero-order valence-electron chi connectivity index (χ0n) is 15.6. The van der Waals surface area contributed by atoms with Crippen LogP contribution in [0.2, 0.25) is 0 Å². The number of allylic oxidation sites excluding steroid dienone is 4. The highest BCUT2D eigenvalue weighted by Gasteiger charge is 2.54. The van der Waals surface area contributed by atoms with Crippen LogP contribution in [0.4, 0.5) is 0 Å². The smallest absolute Gasteiger partial charge is 0.176 e. The molecule has 0 aromatic rings. The van der Waals surface area contributed by atoms with Crippen molar-refractivity contribution < 1.29 is 19.8 Å². The quantitative estimate of drug-likeness (QED) is 0.544. The van der Waals surface area contributed by atoms with Gasteiger partial charge in [0.15, 0.2) is 11.6 Å². The molecule has 24 heavy (non-hydrogen) atoms. The Bertz CT molecular complexity index is 601. The third kappa shape index (κ3) is 4.04. The summed E-state index contributed by atoms with van der Waals surface area (Å²) in [6.45, 7) is 11.2. The molecular formula is C20H30O4. The highest BCUT2D eigenvalue weighted by Crippen LogP contribution is 2.43. The van der Waals surface area contributed by atoms with Gasteiger partial charge in [0.2, 0.25) is 0 Å². The minimum atomic E-state index is -1.71. The molecule has 4 nitrogen and oxygen atoms in total. The molecule has 2 N–H and O–H groups in total. The van der Waals surface area contributed by atoms with E-state index in [0.29, 0.717) is 12.8 Å². The van der Waals surface area contributed by atoms with Crippen molar-refractivity contribution in [1.82, 2.24) is 0 Å². The van der Waals surface area contributed by atoms with E-state index in [2.05, 4.69) is 0 Å². The zero-order valence-corrected chi connectivity index (χ0v) is 15.6. The molecule has 134 valence electrons. The van der Waals surface area contributed by atoms with Crippen LogP contribution in [0.1, 0.15) is 60.8 Å². The van der Waals surface area contributed by atoms with E-state index in [0.717, 1.165) is 11.1 Å². The first-order valence-electron chi connectivity index (χ1n) is 8.57. The van der Waals surface area contributed by atoms with Crippen LogP contribution in [0.5, 0.6) is 0 Å². The number of carbonyl (C=O) groups excluding carboxylic acids is 2. The van der Waals surface area contributed by atoms with E-state index in [1.54, 1.807) is 13.0 Å². The molecule has 1 rings (SSSR count). The van der Waals surface area contributed by atoms with Gasteiger partial charge in [-0.2, -0.15) is 0 Å². The summed E-state index contributed by atoms with van der Waals surface area (Å²) in [5.41, 5.74) is 0.0831. The first kappa shape index (κ1) is 20.4. The Labute approximate surface area is 145 Å². The standard InChI is InChI=1S/C20H30O4/c1-7-14(6)17(21)16-18(22)15(9-8-12(2)3)20(24,19(16)23)11-10-13(4)5/h8,10,14-15,23-24H,7,9,11H2,1-6H3. The monoisotopic (exact) mass is 334 g/mol. The predicted molar refractivity (Wildman–Crippen MR) is 95.7 cm³/mol. The molecule has 0 aliphatic heterocycles. The SMILES string of the molecule is CCC(C)C(=O)C1=C(O)C(O)(CC=C(C)C)C(CC=C(C)C)C1=O. The molecule has 0 fully saturated rings. The van der Waals surface area contributed by atoms with E-state index < -0.39 is 23.1 Å². The molecule has 0 spiro atoms. The van der Waals surface area contributed by atoms with Crippen LogP contribution in [-0.4, -0.2) is 27.4 Å². The van der Waals surface area contributed by atoms with Gasteiger partial charge in [-0.15, -0.1) is 0 Å². The normalized spacial score (nSPS) is 24.8. The largest absolute Gasteiger partial charge is 0.508 e. The van der Waals surface area contributed by atoms with Crippen LogP contribution < -0.4 is 0 Å². The fourth-order valence-corrected chi connectivity index (χ4v) is 2.81. The first-order chi connectivity index (χ1) is 11.1. The number of rotatable bonds is 7. The van der Waals surface area contributed by atoms with E-state index in [9.17, 15) is 19.8 Å². The fraction of sp³-hybridized carbons (Fsp3) is 0.600. The van der Waals surface area contributed by atoms with Gasteiger partial charge in [-0.05, 0) is 40.5 Å². The lowest BCUT2D eigenvalue weighted by Crippen LogP contribution is -2.38. The van der Waals surface area contributed by atoms with Crippen LogP contribution in [-0.2, 0) is 9.59 Å². The number of carbonyl (C=O) groups is 2. The van der Waals surface area contributed by atoms with Crippen molar-refractivity contribution in [3.63, 3.8) is 0 Å². The van der Waals surface area contributed by atoms with E-state index in [-0.39, 0.29) is 23.7 Å². The lowest BCUT2D eigenvalue weighted by molar-refractivity contribution is -0.126. The molecule has 1 aliphatic carbocycles. The van der Waals surface area contributed by atoms with Gasteiger partial charge in [0.1, 0.15) is 16.9 Å². The van der Waals surface area contributed by atoms with Gasteiger partial charge in [-0.3, -0.25) is 9.59 Å². The Morgan fingerprint density at radius 2 is 1.75 bits per heavy atom. The molecule has 1 aliphatic rings. The summed E-state index contributed by atoms with van der Waals surface area (Å²) in [6.07, 6.45) is 4.64. The molecule has 0 aromatic heterocycles. The second kappa shape index (κ2) is 7.93. The Hall–Kier alpha value is -1.68. The van der Waals surface area contributed by atoms with Crippen molar-refractivity contribution >= 4 is 11.6 Å². The van der Waals surface area contributed by atoms with E-state index in [4.69, 9.17) is 0 Å². The molecule has 0 bridgehead atoms. The predicted octanol–water partition coefficient (Wildman–Crippen LogP) is 4.06. The number of ketones is 2. The molecule has 0 heterocycles. The molecule has 3 atom stereocenters. The topological polar surface area (TPSA) is 74.6 Å². The average molecular weight is 334 g/mol. The van der Waals surface area contributed by atoms with Crippen molar-refractivity contribution in [2.75, 3.05) is 0 Å². The van der Waals surface area contributed by atoms with Crippen molar-refractivity contribution in [1.29, 1.82) is 0 Å². The molecule has 3 unspecified atom stereocenters. The summed E-state index contributed by atoms with van der Waals surface area (Å²) >= 11 is 0. The summed E-state index contributed by atoms with van der Waals surface area (Å²) in [4.78, 5) is 25.3. The Morgan fingerprint density at radius 1 is 1.21 bits per heavy atom. The third-order valence-electron chi connectivity index (χ3n) is 4.68. The van der Waals surface area contributed by atoms with Gasteiger partial charge in [0.05, 0.1) is 5.92 Å². The minimum Gasteiger partial charge on any atom is -0.508 e. The number of Topliss-reactive ketones (excluding diaryl/α,β-unsaturated/α-hetero) is 2. The van der Waals surface area contributed by atoms with Gasteiger partial charge in [-0.1, -0.05) is 37.1 Å². The molecule has 0 aromatic carbocycles. The summed E-state index contributed by atoms with van der Waals surface area (Å²) in [7, 11) is 0. The van der Waals surface area contributed by atoms with Gasteiger partial charge in [0, 0.05) is 12.3 Å². The highest BCUT2D eigenvalue weighted by molar-refractivity contribution is 6.24. The van der Waals surface area contributed by atoms with E-state index >= 15 is 0 Å². The van der Waals surface area contributed by atoms with Crippen molar-refractivity contribution in [3.8, 4) is 0 Å². The minimum absolute atomic E-state index is 0.117. The Morgan fingerprint density at radius 3 is 2.21 bits per heavy atom. The van der Waals surface area contributed by atoms with E-state index in [1.165, 1.54) is 0 Å². The number of aliphatic hydroxyl groups excluding tert-OH is 1. The molecule has 0 radical (unpaired) electrons. The third-order valence-corrected chi connectivity index (χ3v) is 4.68. The summed E-state index contributed by atoms with van der Waals surface area (Å²) in [6, 6.07) is 0. The lowest BCUT2D eigenvalue weighted by Gasteiger charge is -2.28. The Kier molecular flexibility index (Phi) is 6.73. The number of hydrogen-bond donors (Lipinski definition) is 2. The average Bonchev–Trinajstić information content (AvgIpc) is 2.69.